The zero-order chi connectivity index (χ0) is 25.7. The lowest BCUT2D eigenvalue weighted by Gasteiger charge is -2.22. The lowest BCUT2D eigenvalue weighted by molar-refractivity contribution is -0.130. The van der Waals surface area contributed by atoms with Crippen molar-refractivity contribution < 1.29 is 19.2 Å². The monoisotopic (exact) mass is 489 g/mol. The molecule has 1 aliphatic heterocycles. The van der Waals surface area contributed by atoms with Crippen molar-refractivity contribution in [1.29, 1.82) is 0 Å². The maximum absolute atomic E-state index is 13.3. The molecule has 2 heterocycles. The molecule has 4 rings (SSSR count). The van der Waals surface area contributed by atoms with E-state index in [4.69, 9.17) is 0 Å². The van der Waals surface area contributed by atoms with Gasteiger partial charge in [-0.05, 0) is 65.7 Å². The summed E-state index contributed by atoms with van der Waals surface area (Å²) >= 11 is 0. The quantitative estimate of drug-likeness (QED) is 0.254. The van der Waals surface area contributed by atoms with E-state index < -0.39 is 29.8 Å². The lowest BCUT2D eigenvalue weighted by atomic mass is 9.91. The molecule has 1 unspecified atom stereocenters. The zero-order valence-corrected chi connectivity index (χ0v) is 20.1. The number of tetrazole rings is 1. The topological polar surface area (TPSA) is 139 Å². The summed E-state index contributed by atoms with van der Waals surface area (Å²) < 4.78 is 1.44. The number of anilines is 1. The number of Topliss-reactive ketones (excluding diaryl/α,β-unsaturated/α-hetero) is 1. The van der Waals surface area contributed by atoms with E-state index in [2.05, 4.69) is 33.1 Å². The predicted octanol–water partition coefficient (Wildman–Crippen LogP) is 2.83. The summed E-state index contributed by atoms with van der Waals surface area (Å²) in [4.78, 5) is 51.8. The smallest absolute Gasteiger partial charge is 0.325 e. The molecule has 1 atom stereocenters. The molecule has 0 aliphatic carbocycles. The average Bonchev–Trinajstić information content (AvgIpc) is 3.49. The highest BCUT2D eigenvalue weighted by Gasteiger charge is 2.49. The molecule has 36 heavy (non-hydrogen) atoms. The van der Waals surface area contributed by atoms with Crippen LogP contribution in [0.15, 0.2) is 54.9 Å². The van der Waals surface area contributed by atoms with Crippen LogP contribution in [0.4, 0.5) is 10.5 Å². The summed E-state index contributed by atoms with van der Waals surface area (Å²) in [5.74, 6) is -1.01. The first-order valence-electron chi connectivity index (χ1n) is 11.7. The van der Waals surface area contributed by atoms with Crippen LogP contribution in [0.25, 0.3) is 5.69 Å². The molecule has 11 heteroatoms. The summed E-state index contributed by atoms with van der Waals surface area (Å²) in [5, 5.41) is 16.6. The fourth-order valence-corrected chi connectivity index (χ4v) is 4.01. The molecule has 186 valence electrons. The van der Waals surface area contributed by atoms with Crippen LogP contribution in [0, 0.1) is 0 Å². The molecular formula is C25H27N7O4. The van der Waals surface area contributed by atoms with Crippen molar-refractivity contribution in [2.45, 2.75) is 45.1 Å². The number of carbonyl (C=O) groups excluding carboxylic acids is 4. The molecule has 1 saturated heterocycles. The second-order valence-corrected chi connectivity index (χ2v) is 8.76. The Morgan fingerprint density at radius 3 is 2.56 bits per heavy atom. The van der Waals surface area contributed by atoms with Gasteiger partial charge in [0.25, 0.3) is 5.91 Å². The number of nitrogens with one attached hydrogen (secondary N) is 2. The Balaban J connectivity index is 1.43. The molecule has 0 spiro atoms. The van der Waals surface area contributed by atoms with Crippen molar-refractivity contribution in [3.8, 4) is 5.69 Å². The SMILES string of the molecule is CCCCCC(=O)Nc1ccc(C(=O)CN2C(=O)NC(C)(c3cccc(-n4cnnn4)c3)C2=O)cc1. The molecule has 1 aromatic heterocycles. The molecule has 0 radical (unpaired) electrons. The van der Waals surface area contributed by atoms with E-state index in [-0.39, 0.29) is 5.91 Å². The number of amides is 4. The molecule has 2 aromatic carbocycles. The van der Waals surface area contributed by atoms with Gasteiger partial charge < -0.3 is 10.6 Å². The third-order valence-electron chi connectivity index (χ3n) is 6.11. The van der Waals surface area contributed by atoms with Crippen LogP contribution < -0.4 is 10.6 Å². The normalized spacial score (nSPS) is 17.2. The maximum atomic E-state index is 13.3. The minimum atomic E-state index is -1.35. The van der Waals surface area contributed by atoms with Crippen LogP contribution in [0.3, 0.4) is 0 Å². The van der Waals surface area contributed by atoms with Gasteiger partial charge in [-0.25, -0.2) is 9.48 Å². The standard InChI is InChI=1S/C25H27N7O4/c1-3-4-5-9-22(34)27-19-12-10-17(11-13-19)21(33)15-31-23(35)25(2,28-24(31)36)18-7-6-8-20(14-18)32-16-26-29-30-32/h6-8,10-14,16H,3-5,9,15H2,1-2H3,(H,27,34)(H,28,36). The van der Waals surface area contributed by atoms with Crippen LogP contribution in [0.1, 0.15) is 55.5 Å². The van der Waals surface area contributed by atoms with Crippen molar-refractivity contribution >= 4 is 29.3 Å². The number of imide groups is 1. The predicted molar refractivity (Wildman–Crippen MR) is 130 cm³/mol. The van der Waals surface area contributed by atoms with Gasteiger partial charge in [0.2, 0.25) is 5.91 Å². The van der Waals surface area contributed by atoms with Gasteiger partial charge in [0, 0.05) is 17.7 Å². The van der Waals surface area contributed by atoms with Crippen LogP contribution >= 0.6 is 0 Å². The Labute approximate surface area is 207 Å². The van der Waals surface area contributed by atoms with Gasteiger partial charge in [-0.2, -0.15) is 0 Å². The Bertz CT molecular complexity index is 1270. The second-order valence-electron chi connectivity index (χ2n) is 8.76. The fraction of sp³-hybridized carbons (Fsp3) is 0.320. The Morgan fingerprint density at radius 2 is 1.86 bits per heavy atom. The van der Waals surface area contributed by atoms with Gasteiger partial charge in [0.1, 0.15) is 11.9 Å². The van der Waals surface area contributed by atoms with Gasteiger partial charge in [-0.15, -0.1) is 5.10 Å². The summed E-state index contributed by atoms with van der Waals surface area (Å²) in [5.41, 5.74) is 0.704. The highest BCUT2D eigenvalue weighted by Crippen LogP contribution is 2.30. The second kappa shape index (κ2) is 10.5. The van der Waals surface area contributed by atoms with Crippen molar-refractivity contribution in [3.05, 3.63) is 66.0 Å². The van der Waals surface area contributed by atoms with E-state index >= 15 is 0 Å². The minimum absolute atomic E-state index is 0.0784. The molecule has 2 N–H and O–H groups in total. The molecular weight excluding hydrogens is 462 g/mol. The van der Waals surface area contributed by atoms with E-state index in [1.807, 2.05) is 0 Å². The van der Waals surface area contributed by atoms with Gasteiger partial charge in [-0.3, -0.25) is 19.3 Å². The minimum Gasteiger partial charge on any atom is -0.326 e. The number of urea groups is 1. The van der Waals surface area contributed by atoms with Crippen molar-refractivity contribution in [2.75, 3.05) is 11.9 Å². The first-order chi connectivity index (χ1) is 17.3. The molecule has 1 aliphatic rings. The van der Waals surface area contributed by atoms with Gasteiger partial charge in [0.05, 0.1) is 12.2 Å². The van der Waals surface area contributed by atoms with E-state index in [1.165, 1.54) is 11.0 Å². The number of ketones is 1. The Kier molecular flexibility index (Phi) is 7.18. The average molecular weight is 490 g/mol. The van der Waals surface area contributed by atoms with Crippen molar-refractivity contribution in [2.24, 2.45) is 0 Å². The van der Waals surface area contributed by atoms with Crippen LogP contribution in [0.2, 0.25) is 0 Å². The number of rotatable bonds is 10. The highest BCUT2D eigenvalue weighted by atomic mass is 16.2. The number of unbranched alkanes of at least 4 members (excludes halogenated alkanes) is 2. The summed E-state index contributed by atoms with van der Waals surface area (Å²) in [6.07, 6.45) is 4.72. The van der Waals surface area contributed by atoms with Crippen molar-refractivity contribution in [1.82, 2.24) is 30.4 Å². The molecule has 1 fully saturated rings. The first-order valence-corrected chi connectivity index (χ1v) is 11.7. The van der Waals surface area contributed by atoms with E-state index in [1.54, 1.807) is 55.5 Å². The number of benzene rings is 2. The van der Waals surface area contributed by atoms with Gasteiger partial charge >= 0.3 is 6.03 Å². The largest absolute Gasteiger partial charge is 0.326 e. The van der Waals surface area contributed by atoms with E-state index in [0.29, 0.717) is 28.9 Å². The van der Waals surface area contributed by atoms with Crippen LogP contribution in [-0.2, 0) is 15.1 Å². The zero-order valence-electron chi connectivity index (χ0n) is 20.1. The summed E-state index contributed by atoms with van der Waals surface area (Å²) in [6.45, 7) is 3.26. The molecule has 3 aromatic rings. The fourth-order valence-electron chi connectivity index (χ4n) is 4.01. The number of hydrogen-bond acceptors (Lipinski definition) is 7. The maximum Gasteiger partial charge on any atom is 0.325 e. The highest BCUT2D eigenvalue weighted by molar-refractivity contribution is 6.11. The Morgan fingerprint density at radius 1 is 1.08 bits per heavy atom. The number of carbonyl (C=O) groups is 4. The first kappa shape index (κ1) is 24.7. The van der Waals surface area contributed by atoms with Crippen LogP contribution in [0.5, 0.6) is 0 Å². The van der Waals surface area contributed by atoms with E-state index in [0.717, 1.165) is 24.2 Å². The van der Waals surface area contributed by atoms with Crippen LogP contribution in [-0.4, -0.2) is 55.3 Å². The lowest BCUT2D eigenvalue weighted by Crippen LogP contribution is -2.41. The van der Waals surface area contributed by atoms with Gasteiger partial charge in [-0.1, -0.05) is 31.9 Å². The molecule has 0 bridgehead atoms. The molecule has 4 amide bonds. The molecule has 0 saturated carbocycles. The molecule has 11 nitrogen and oxygen atoms in total. The third-order valence-corrected chi connectivity index (χ3v) is 6.11. The van der Waals surface area contributed by atoms with Gasteiger partial charge in [0.15, 0.2) is 5.78 Å². The number of aromatic nitrogens is 4. The number of nitrogens with zero attached hydrogens (tertiary/aromatic N) is 5. The summed E-state index contributed by atoms with van der Waals surface area (Å²) in [6, 6.07) is 12.7. The summed E-state index contributed by atoms with van der Waals surface area (Å²) in [7, 11) is 0. The Hall–Kier alpha value is -4.41. The third kappa shape index (κ3) is 5.14. The van der Waals surface area contributed by atoms with E-state index in [9.17, 15) is 19.2 Å². The number of hydrogen-bond donors (Lipinski definition) is 2. The van der Waals surface area contributed by atoms with Crippen molar-refractivity contribution in [3.63, 3.8) is 0 Å².